The summed E-state index contributed by atoms with van der Waals surface area (Å²) in [6.45, 7) is 2.25. The molecule has 1 aromatic rings. The molecule has 2 N–H and O–H groups in total. The number of alkyl halides is 3. The number of amides is 2. The largest absolute Gasteiger partial charge is 0.405 e. The summed E-state index contributed by atoms with van der Waals surface area (Å²) in [4.78, 5) is 26.9. The number of hydrogen-bond acceptors (Lipinski definition) is 5. The molecule has 1 aliphatic rings. The second-order valence-electron chi connectivity index (χ2n) is 6.50. The van der Waals surface area contributed by atoms with Gasteiger partial charge in [-0.15, -0.1) is 0 Å². The molecule has 0 saturated carbocycles. The number of hydrogen-bond donors (Lipinski definition) is 2. The molecule has 11 heteroatoms. The molecule has 27 heavy (non-hydrogen) atoms. The average Bonchev–Trinajstić information content (AvgIpc) is 3.15. The number of carbonyl (C=O) groups is 2. The first-order valence-electron chi connectivity index (χ1n) is 8.72. The van der Waals surface area contributed by atoms with E-state index in [-0.39, 0.29) is 25.5 Å². The summed E-state index contributed by atoms with van der Waals surface area (Å²) < 4.78 is 41.4. The van der Waals surface area contributed by atoms with E-state index in [1.165, 1.54) is 27.7 Å². The van der Waals surface area contributed by atoms with Gasteiger partial charge in [-0.25, -0.2) is 0 Å². The fraction of sp³-hybridized carbons (Fsp3) is 0.688. The molecule has 2 amide bonds. The summed E-state index contributed by atoms with van der Waals surface area (Å²) in [7, 11) is 1.43. The number of nitrogens with zero attached hydrogens (tertiary/aromatic N) is 4. The van der Waals surface area contributed by atoms with Crippen molar-refractivity contribution in [2.45, 2.75) is 25.2 Å². The van der Waals surface area contributed by atoms with Gasteiger partial charge < -0.3 is 15.5 Å². The summed E-state index contributed by atoms with van der Waals surface area (Å²) in [6.07, 6.45) is -1.29. The lowest BCUT2D eigenvalue weighted by molar-refractivity contribution is -0.184. The number of piperazine rings is 1. The molecule has 0 bridgehead atoms. The fourth-order valence-electron chi connectivity index (χ4n) is 2.95. The lowest BCUT2D eigenvalue weighted by Crippen LogP contribution is -2.58. The maximum Gasteiger partial charge on any atom is 0.405 e. The zero-order chi connectivity index (χ0) is 20.0. The molecule has 1 fully saturated rings. The Kier molecular flexibility index (Phi) is 7.19. The monoisotopic (exact) mass is 390 g/mol. The standard InChI is InChI=1S/C16H25F3N6O2/c1-12(25-7-3-4-22-25)15(27)23(2)11-14(26)21-10-13(16(17,18)19)24-8-5-20-6-9-24/h3-4,7,12-13,20H,5-6,8-11H2,1-2H3,(H,21,26). The second kappa shape index (κ2) is 9.18. The molecule has 1 aliphatic heterocycles. The number of halogens is 3. The van der Waals surface area contributed by atoms with Crippen molar-refractivity contribution in [1.82, 2.24) is 30.2 Å². The van der Waals surface area contributed by atoms with Gasteiger partial charge in [0, 0.05) is 52.2 Å². The van der Waals surface area contributed by atoms with Crippen molar-refractivity contribution in [3.63, 3.8) is 0 Å². The fourth-order valence-corrected chi connectivity index (χ4v) is 2.95. The Morgan fingerprint density at radius 2 is 2.00 bits per heavy atom. The molecule has 2 rings (SSSR count). The molecule has 1 saturated heterocycles. The first-order valence-corrected chi connectivity index (χ1v) is 8.72. The zero-order valence-corrected chi connectivity index (χ0v) is 15.4. The third kappa shape index (κ3) is 5.93. The predicted octanol–water partition coefficient (Wildman–Crippen LogP) is -0.145. The van der Waals surface area contributed by atoms with Crippen molar-refractivity contribution >= 4 is 11.8 Å². The Morgan fingerprint density at radius 3 is 2.56 bits per heavy atom. The van der Waals surface area contributed by atoms with Gasteiger partial charge in [-0.3, -0.25) is 19.2 Å². The van der Waals surface area contributed by atoms with Crippen LogP contribution in [0.1, 0.15) is 13.0 Å². The van der Waals surface area contributed by atoms with Gasteiger partial charge in [-0.2, -0.15) is 18.3 Å². The van der Waals surface area contributed by atoms with Gasteiger partial charge in [0.15, 0.2) is 0 Å². The number of nitrogens with one attached hydrogen (secondary N) is 2. The number of likely N-dealkylation sites (N-methyl/N-ethyl adjacent to an activating group) is 1. The van der Waals surface area contributed by atoms with E-state index < -0.39 is 30.7 Å². The van der Waals surface area contributed by atoms with Crippen molar-refractivity contribution < 1.29 is 22.8 Å². The maximum atomic E-state index is 13.3. The van der Waals surface area contributed by atoms with E-state index in [1.807, 2.05) is 0 Å². The van der Waals surface area contributed by atoms with Crippen molar-refractivity contribution in [3.05, 3.63) is 18.5 Å². The highest BCUT2D eigenvalue weighted by atomic mass is 19.4. The van der Waals surface area contributed by atoms with E-state index in [2.05, 4.69) is 15.7 Å². The Bertz CT molecular complexity index is 616. The summed E-state index contributed by atoms with van der Waals surface area (Å²) in [5.74, 6) is -0.994. The van der Waals surface area contributed by atoms with Crippen LogP contribution in [0, 0.1) is 0 Å². The van der Waals surface area contributed by atoms with Gasteiger partial charge in [0.25, 0.3) is 0 Å². The van der Waals surface area contributed by atoms with Crippen LogP contribution in [0.4, 0.5) is 13.2 Å². The Balaban J connectivity index is 1.86. The topological polar surface area (TPSA) is 82.5 Å². The summed E-state index contributed by atoms with van der Waals surface area (Å²) in [5, 5.41) is 9.28. The van der Waals surface area contributed by atoms with Gasteiger partial charge in [0.2, 0.25) is 11.8 Å². The smallest absolute Gasteiger partial charge is 0.353 e. The van der Waals surface area contributed by atoms with Gasteiger partial charge in [-0.05, 0) is 13.0 Å². The predicted molar refractivity (Wildman–Crippen MR) is 91.9 cm³/mol. The van der Waals surface area contributed by atoms with E-state index >= 15 is 0 Å². The number of aromatic nitrogens is 2. The summed E-state index contributed by atoms with van der Waals surface area (Å²) in [6, 6.07) is -0.682. The van der Waals surface area contributed by atoms with Crippen LogP contribution in [0.25, 0.3) is 0 Å². The van der Waals surface area contributed by atoms with Crippen molar-refractivity contribution in [2.75, 3.05) is 46.3 Å². The van der Waals surface area contributed by atoms with E-state index in [4.69, 9.17) is 0 Å². The molecule has 2 atom stereocenters. The number of rotatable bonds is 7. The molecule has 8 nitrogen and oxygen atoms in total. The molecule has 0 radical (unpaired) electrons. The Morgan fingerprint density at radius 1 is 1.33 bits per heavy atom. The van der Waals surface area contributed by atoms with Gasteiger partial charge >= 0.3 is 6.18 Å². The average molecular weight is 390 g/mol. The third-order valence-electron chi connectivity index (χ3n) is 4.50. The Hall–Kier alpha value is -2.14. The van der Waals surface area contributed by atoms with E-state index in [0.717, 1.165) is 0 Å². The minimum Gasteiger partial charge on any atom is -0.353 e. The minimum absolute atomic E-state index is 0.264. The maximum absolute atomic E-state index is 13.3. The summed E-state index contributed by atoms with van der Waals surface area (Å²) in [5.41, 5.74) is 0. The second-order valence-corrected chi connectivity index (χ2v) is 6.50. The van der Waals surface area contributed by atoms with Crippen LogP contribution in [-0.4, -0.2) is 89.9 Å². The van der Waals surface area contributed by atoms with Crippen LogP contribution in [0.15, 0.2) is 18.5 Å². The van der Waals surface area contributed by atoms with E-state index in [0.29, 0.717) is 13.1 Å². The van der Waals surface area contributed by atoms with Crippen molar-refractivity contribution in [2.24, 2.45) is 0 Å². The molecule has 152 valence electrons. The van der Waals surface area contributed by atoms with Crippen LogP contribution in [-0.2, 0) is 9.59 Å². The highest BCUT2D eigenvalue weighted by Gasteiger charge is 2.43. The Labute approximate surface area is 155 Å². The molecule has 0 spiro atoms. The molecule has 2 heterocycles. The SMILES string of the molecule is CC(C(=O)N(C)CC(=O)NCC(N1CCNCC1)C(F)(F)F)n1cccn1. The molecule has 1 aromatic heterocycles. The van der Waals surface area contributed by atoms with E-state index in [9.17, 15) is 22.8 Å². The highest BCUT2D eigenvalue weighted by molar-refractivity contribution is 5.86. The first kappa shape index (κ1) is 21.2. The third-order valence-corrected chi connectivity index (χ3v) is 4.50. The van der Waals surface area contributed by atoms with Crippen LogP contribution in [0.5, 0.6) is 0 Å². The minimum atomic E-state index is -4.44. The zero-order valence-electron chi connectivity index (χ0n) is 15.4. The molecular formula is C16H25F3N6O2. The molecular weight excluding hydrogens is 365 g/mol. The lowest BCUT2D eigenvalue weighted by Gasteiger charge is -2.36. The van der Waals surface area contributed by atoms with Gasteiger partial charge in [0.1, 0.15) is 12.1 Å². The summed E-state index contributed by atoms with van der Waals surface area (Å²) >= 11 is 0. The molecule has 2 unspecified atom stereocenters. The van der Waals surface area contributed by atoms with Gasteiger partial charge in [0.05, 0.1) is 6.54 Å². The van der Waals surface area contributed by atoms with Crippen molar-refractivity contribution in [3.8, 4) is 0 Å². The lowest BCUT2D eigenvalue weighted by atomic mass is 10.2. The van der Waals surface area contributed by atoms with E-state index in [1.54, 1.807) is 19.2 Å². The molecule has 0 aromatic carbocycles. The van der Waals surface area contributed by atoms with Crippen LogP contribution in [0.2, 0.25) is 0 Å². The van der Waals surface area contributed by atoms with Crippen LogP contribution in [0.3, 0.4) is 0 Å². The quantitative estimate of drug-likeness (QED) is 0.677. The van der Waals surface area contributed by atoms with Gasteiger partial charge in [-0.1, -0.05) is 0 Å². The number of carbonyl (C=O) groups excluding carboxylic acids is 2. The van der Waals surface area contributed by atoms with Crippen LogP contribution < -0.4 is 10.6 Å². The van der Waals surface area contributed by atoms with Crippen LogP contribution >= 0.6 is 0 Å². The normalized spacial score (nSPS) is 18.0. The molecule has 0 aliphatic carbocycles. The van der Waals surface area contributed by atoms with Crippen molar-refractivity contribution in [1.29, 1.82) is 0 Å². The highest BCUT2D eigenvalue weighted by Crippen LogP contribution is 2.24. The first-order chi connectivity index (χ1) is 12.7.